The molecule has 0 radical (unpaired) electrons. The predicted octanol–water partition coefficient (Wildman–Crippen LogP) is 4.17. The Bertz CT molecular complexity index is 915. The van der Waals surface area contributed by atoms with E-state index in [9.17, 15) is 9.59 Å². The first kappa shape index (κ1) is 23.0. The van der Waals surface area contributed by atoms with Crippen molar-refractivity contribution in [2.75, 3.05) is 20.3 Å². The van der Waals surface area contributed by atoms with Gasteiger partial charge in [-0.25, -0.2) is 9.59 Å². The topological polar surface area (TPSA) is 76.1 Å². The number of aromatic carboxylic acids is 1. The van der Waals surface area contributed by atoms with Gasteiger partial charge in [-0.15, -0.1) is 0 Å². The molecule has 0 aliphatic carbocycles. The zero-order valence-electron chi connectivity index (χ0n) is 17.8. The Morgan fingerprint density at radius 2 is 1.50 bits per heavy atom. The van der Waals surface area contributed by atoms with E-state index < -0.39 is 11.6 Å². The molecule has 0 fully saturated rings. The average molecular weight is 409 g/mol. The molecule has 30 heavy (non-hydrogen) atoms. The van der Waals surface area contributed by atoms with Gasteiger partial charge in [-0.1, -0.05) is 24.0 Å². The number of benzene rings is 2. The van der Waals surface area contributed by atoms with Crippen LogP contribution in [0.25, 0.3) is 0 Å². The summed E-state index contributed by atoms with van der Waals surface area (Å²) in [6, 6.07) is 14.0. The third kappa shape index (κ3) is 7.61. The van der Waals surface area contributed by atoms with Crippen molar-refractivity contribution in [2.45, 2.75) is 32.9 Å². The normalized spacial score (nSPS) is 10.7. The van der Waals surface area contributed by atoms with E-state index in [4.69, 9.17) is 14.6 Å². The molecule has 0 heterocycles. The second-order valence-corrected chi connectivity index (χ2v) is 7.72. The number of carboxylic acid groups (broad SMARTS) is 1. The van der Waals surface area contributed by atoms with Gasteiger partial charge in [-0.2, -0.15) is 0 Å². The third-order valence-corrected chi connectivity index (χ3v) is 4.03. The van der Waals surface area contributed by atoms with Crippen LogP contribution in [0.4, 0.5) is 4.79 Å². The lowest BCUT2D eigenvalue weighted by Gasteiger charge is -2.27. The molecule has 0 aliphatic heterocycles. The number of carboxylic acids is 1. The molecule has 0 unspecified atom stereocenters. The molecule has 2 rings (SSSR count). The fourth-order valence-electron chi connectivity index (χ4n) is 2.52. The van der Waals surface area contributed by atoms with Crippen molar-refractivity contribution < 1.29 is 24.2 Å². The zero-order valence-corrected chi connectivity index (χ0v) is 17.8. The molecule has 158 valence electrons. The fraction of sp³-hybridized carbons (Fsp3) is 0.333. The number of hydrogen-bond donors (Lipinski definition) is 1. The summed E-state index contributed by atoms with van der Waals surface area (Å²) >= 11 is 0. The van der Waals surface area contributed by atoms with Gasteiger partial charge in [0, 0.05) is 31.3 Å². The summed E-state index contributed by atoms with van der Waals surface area (Å²) in [6.07, 6.45) is -0.381. The lowest BCUT2D eigenvalue weighted by atomic mass is 10.1. The molecule has 0 spiro atoms. The van der Waals surface area contributed by atoms with Crippen LogP contribution in [0.3, 0.4) is 0 Å². The van der Waals surface area contributed by atoms with Crippen molar-refractivity contribution in [3.05, 3.63) is 70.8 Å². The summed E-state index contributed by atoms with van der Waals surface area (Å²) in [5.74, 6) is 5.11. The first-order chi connectivity index (χ1) is 14.2. The van der Waals surface area contributed by atoms with Crippen molar-refractivity contribution >= 4 is 12.1 Å². The predicted molar refractivity (Wildman–Crippen MR) is 114 cm³/mol. The van der Waals surface area contributed by atoms with Gasteiger partial charge in [-0.3, -0.25) is 0 Å². The Morgan fingerprint density at radius 1 is 0.967 bits per heavy atom. The standard InChI is InChI=1S/C24H27NO5/c1-24(2,3)30-23(28)25(15-16-29-4)17-20-9-7-18(8-10-20)5-6-19-11-13-21(14-12-19)22(26)27/h7-14H,15-17H2,1-4H3,(H,26,27). The van der Waals surface area contributed by atoms with E-state index in [-0.39, 0.29) is 11.7 Å². The summed E-state index contributed by atoms with van der Waals surface area (Å²) in [4.78, 5) is 25.0. The highest BCUT2D eigenvalue weighted by atomic mass is 16.6. The Morgan fingerprint density at radius 3 is 1.97 bits per heavy atom. The third-order valence-electron chi connectivity index (χ3n) is 4.03. The highest BCUT2D eigenvalue weighted by Crippen LogP contribution is 2.13. The smallest absolute Gasteiger partial charge is 0.410 e. The minimum absolute atomic E-state index is 0.230. The van der Waals surface area contributed by atoms with Gasteiger partial charge < -0.3 is 19.5 Å². The molecule has 6 heteroatoms. The Labute approximate surface area is 177 Å². The van der Waals surface area contributed by atoms with Crippen LogP contribution >= 0.6 is 0 Å². The second kappa shape index (κ2) is 10.5. The summed E-state index contributed by atoms with van der Waals surface area (Å²) in [5.41, 5.74) is 2.17. The van der Waals surface area contributed by atoms with Gasteiger partial charge in [0.25, 0.3) is 0 Å². The van der Waals surface area contributed by atoms with Crippen LogP contribution in [0, 0.1) is 11.8 Å². The van der Waals surface area contributed by atoms with Crippen LogP contribution in [-0.2, 0) is 16.0 Å². The van der Waals surface area contributed by atoms with Crippen LogP contribution in [0.5, 0.6) is 0 Å². The summed E-state index contributed by atoms with van der Waals surface area (Å²) < 4.78 is 10.6. The maximum atomic E-state index is 12.5. The summed E-state index contributed by atoms with van der Waals surface area (Å²) in [7, 11) is 1.59. The number of nitrogens with zero attached hydrogens (tertiary/aromatic N) is 1. The van der Waals surface area contributed by atoms with Gasteiger partial charge in [0.15, 0.2) is 0 Å². The van der Waals surface area contributed by atoms with Crippen LogP contribution in [0.2, 0.25) is 0 Å². The van der Waals surface area contributed by atoms with Gasteiger partial charge in [-0.05, 0) is 62.7 Å². The van der Waals surface area contributed by atoms with E-state index in [1.165, 1.54) is 12.1 Å². The van der Waals surface area contributed by atoms with E-state index in [2.05, 4.69) is 11.8 Å². The molecule has 2 aromatic carbocycles. The number of amides is 1. The molecular weight excluding hydrogens is 382 g/mol. The highest BCUT2D eigenvalue weighted by Gasteiger charge is 2.22. The zero-order chi connectivity index (χ0) is 22.1. The first-order valence-corrected chi connectivity index (χ1v) is 9.59. The molecule has 0 saturated heterocycles. The fourth-order valence-corrected chi connectivity index (χ4v) is 2.52. The first-order valence-electron chi connectivity index (χ1n) is 9.59. The summed E-state index contributed by atoms with van der Waals surface area (Å²) in [6.45, 7) is 6.76. The maximum absolute atomic E-state index is 12.5. The SMILES string of the molecule is COCCN(Cc1ccc(C#Cc2ccc(C(=O)O)cc2)cc1)C(=O)OC(C)(C)C. The lowest BCUT2D eigenvalue weighted by Crippen LogP contribution is -2.38. The number of carbonyl (C=O) groups excluding carboxylic acids is 1. The number of methoxy groups -OCH3 is 1. The van der Waals surface area contributed by atoms with Gasteiger partial charge in [0.2, 0.25) is 0 Å². The number of carbonyl (C=O) groups is 2. The van der Waals surface area contributed by atoms with E-state index in [1.807, 2.05) is 45.0 Å². The van der Waals surface area contributed by atoms with Crippen molar-refractivity contribution in [2.24, 2.45) is 0 Å². The number of rotatable bonds is 6. The Kier molecular flexibility index (Phi) is 8.02. The van der Waals surface area contributed by atoms with Crippen molar-refractivity contribution in [3.8, 4) is 11.8 Å². The molecule has 1 N–H and O–H groups in total. The van der Waals surface area contributed by atoms with Crippen molar-refractivity contribution in [1.29, 1.82) is 0 Å². The minimum Gasteiger partial charge on any atom is -0.478 e. The molecule has 0 saturated carbocycles. The molecule has 0 atom stereocenters. The lowest BCUT2D eigenvalue weighted by molar-refractivity contribution is 0.0183. The molecule has 1 amide bonds. The van der Waals surface area contributed by atoms with Gasteiger partial charge in [0.05, 0.1) is 12.2 Å². The molecule has 0 aliphatic rings. The van der Waals surface area contributed by atoms with E-state index >= 15 is 0 Å². The quantitative estimate of drug-likeness (QED) is 0.725. The molecule has 0 aromatic heterocycles. The molecular formula is C24H27NO5. The van der Waals surface area contributed by atoms with E-state index in [1.54, 1.807) is 24.1 Å². The van der Waals surface area contributed by atoms with Crippen LogP contribution in [-0.4, -0.2) is 47.9 Å². The Hall–Kier alpha value is -3.30. The van der Waals surface area contributed by atoms with Crippen molar-refractivity contribution in [3.63, 3.8) is 0 Å². The second-order valence-electron chi connectivity index (χ2n) is 7.72. The van der Waals surface area contributed by atoms with E-state index in [0.717, 1.165) is 16.7 Å². The van der Waals surface area contributed by atoms with Gasteiger partial charge in [0.1, 0.15) is 5.60 Å². The number of hydrogen-bond acceptors (Lipinski definition) is 4. The largest absolute Gasteiger partial charge is 0.478 e. The number of ether oxygens (including phenoxy) is 2. The van der Waals surface area contributed by atoms with Crippen molar-refractivity contribution in [1.82, 2.24) is 4.90 Å². The average Bonchev–Trinajstić information content (AvgIpc) is 2.69. The van der Waals surface area contributed by atoms with Crippen LogP contribution in [0.1, 0.15) is 47.8 Å². The monoisotopic (exact) mass is 409 g/mol. The molecule has 0 bridgehead atoms. The minimum atomic E-state index is -0.962. The van der Waals surface area contributed by atoms with Gasteiger partial charge >= 0.3 is 12.1 Å². The molecule has 6 nitrogen and oxygen atoms in total. The molecule has 2 aromatic rings. The van der Waals surface area contributed by atoms with Crippen LogP contribution in [0.15, 0.2) is 48.5 Å². The van der Waals surface area contributed by atoms with E-state index in [0.29, 0.717) is 19.7 Å². The summed E-state index contributed by atoms with van der Waals surface area (Å²) in [5, 5.41) is 8.93. The van der Waals surface area contributed by atoms with Crippen LogP contribution < -0.4 is 0 Å². The highest BCUT2D eigenvalue weighted by molar-refractivity contribution is 5.87. The Balaban J connectivity index is 2.06. The maximum Gasteiger partial charge on any atom is 0.410 e.